The minimum atomic E-state index is -3.05. The highest BCUT2D eigenvalue weighted by molar-refractivity contribution is 6.28. The molecular weight excluding hydrogens is 480 g/mol. The lowest BCUT2D eigenvalue weighted by molar-refractivity contribution is -0.163. The number of phenols is 1. The molecule has 5 atom stereocenters. The number of carbonyl (C=O) groups excluding carboxylic acids is 4. The van der Waals surface area contributed by atoms with Crippen LogP contribution in [0.4, 0.5) is 0 Å². The van der Waals surface area contributed by atoms with E-state index in [1.54, 1.807) is 36.4 Å². The Bertz CT molecular complexity index is 1460. The van der Waals surface area contributed by atoms with Crippen molar-refractivity contribution in [2.75, 3.05) is 14.1 Å². The van der Waals surface area contributed by atoms with Gasteiger partial charge in [-0.3, -0.25) is 24.1 Å². The zero-order valence-corrected chi connectivity index (χ0v) is 19.9. The van der Waals surface area contributed by atoms with E-state index in [1.807, 2.05) is 0 Å². The van der Waals surface area contributed by atoms with Crippen LogP contribution >= 0.6 is 0 Å². The summed E-state index contributed by atoms with van der Waals surface area (Å²) in [7, 11) is 2.85. The number of carbonyl (C=O) groups is 4. The molecule has 1 fully saturated rings. The number of ketones is 3. The van der Waals surface area contributed by atoms with Gasteiger partial charge in [-0.15, -0.1) is 0 Å². The van der Waals surface area contributed by atoms with Crippen LogP contribution in [-0.4, -0.2) is 74.3 Å². The molecule has 0 heterocycles. The van der Waals surface area contributed by atoms with E-state index in [4.69, 9.17) is 5.73 Å². The van der Waals surface area contributed by atoms with Crippen molar-refractivity contribution < 1.29 is 39.6 Å². The fourth-order valence-electron chi connectivity index (χ4n) is 6.05. The third-order valence-corrected chi connectivity index (χ3v) is 7.59. The van der Waals surface area contributed by atoms with Gasteiger partial charge in [-0.05, 0) is 31.3 Å². The number of hydrogen-bond donors (Lipinski definition) is 5. The fraction of sp³-hybridized carbons (Fsp3) is 0.259. The maximum Gasteiger partial charge on any atom is 0.255 e. The van der Waals surface area contributed by atoms with Crippen molar-refractivity contribution in [1.29, 1.82) is 0 Å². The zero-order valence-electron chi connectivity index (χ0n) is 19.9. The van der Waals surface area contributed by atoms with Crippen LogP contribution in [0.3, 0.4) is 0 Å². The monoisotopic (exact) mass is 504 g/mol. The van der Waals surface area contributed by atoms with E-state index in [9.17, 15) is 39.6 Å². The number of primary amides is 1. The van der Waals surface area contributed by atoms with E-state index in [1.165, 1.54) is 31.1 Å². The van der Waals surface area contributed by atoms with Gasteiger partial charge in [0.25, 0.3) is 5.91 Å². The van der Waals surface area contributed by atoms with Gasteiger partial charge in [-0.25, -0.2) is 0 Å². The summed E-state index contributed by atoms with van der Waals surface area (Å²) in [4.78, 5) is 55.0. The van der Waals surface area contributed by atoms with Gasteiger partial charge in [-0.2, -0.15) is 0 Å². The summed E-state index contributed by atoms with van der Waals surface area (Å²) in [6.45, 7) is 0. The maximum absolute atomic E-state index is 14.3. The van der Waals surface area contributed by atoms with Crippen molar-refractivity contribution in [2.24, 2.45) is 17.6 Å². The predicted molar refractivity (Wildman–Crippen MR) is 129 cm³/mol. The van der Waals surface area contributed by atoms with Gasteiger partial charge < -0.3 is 26.2 Å². The Hall–Kier alpha value is -4.28. The van der Waals surface area contributed by atoms with Crippen LogP contribution in [0.25, 0.3) is 5.76 Å². The van der Waals surface area contributed by atoms with Crippen molar-refractivity contribution in [3.63, 3.8) is 0 Å². The molecule has 0 unspecified atom stereocenters. The Morgan fingerprint density at radius 1 is 0.946 bits per heavy atom. The van der Waals surface area contributed by atoms with E-state index in [0.717, 1.165) is 0 Å². The summed E-state index contributed by atoms with van der Waals surface area (Å²) in [5, 5.41) is 44.5. The van der Waals surface area contributed by atoms with Gasteiger partial charge >= 0.3 is 0 Å². The minimum absolute atomic E-state index is 0.0968. The van der Waals surface area contributed by atoms with E-state index in [0.29, 0.717) is 11.1 Å². The number of fused-ring (bicyclic) bond motifs is 3. The van der Waals surface area contributed by atoms with Crippen LogP contribution in [0.5, 0.6) is 5.75 Å². The quantitative estimate of drug-likeness (QED) is 0.377. The van der Waals surface area contributed by atoms with Crippen molar-refractivity contribution >= 4 is 29.0 Å². The number of benzene rings is 2. The number of rotatable bonds is 3. The number of aliphatic hydroxyl groups excluding tert-OH is 2. The van der Waals surface area contributed by atoms with Gasteiger partial charge in [0, 0.05) is 5.92 Å². The smallest absolute Gasteiger partial charge is 0.255 e. The van der Waals surface area contributed by atoms with Crippen LogP contribution in [0, 0.1) is 11.8 Å². The van der Waals surface area contributed by atoms with Crippen LogP contribution in [0.2, 0.25) is 0 Å². The summed E-state index contributed by atoms with van der Waals surface area (Å²) in [6, 6.07) is 11.6. The average Bonchev–Trinajstić information content (AvgIpc) is 2.84. The number of likely N-dealkylation sites (N-methyl/N-ethyl adjacent to an activating group) is 1. The summed E-state index contributed by atoms with van der Waals surface area (Å²) >= 11 is 0. The largest absolute Gasteiger partial charge is 0.508 e. The number of aromatic hydroxyl groups is 1. The molecule has 1 amide bonds. The first-order chi connectivity index (χ1) is 17.4. The molecule has 0 aromatic heterocycles. The SMILES string of the molecule is CN(C)[C@@H]1C(=O)C(C(N)=O)=C(O)[C@@]2(O)C(=O)C3=C(O)c4c(O)cccc4[C@H](c4ccccc4)[C@H]3C(=O)[C@@H]12. The highest BCUT2D eigenvalue weighted by atomic mass is 16.3. The summed E-state index contributed by atoms with van der Waals surface area (Å²) < 4.78 is 0. The first kappa shape index (κ1) is 24.4. The van der Waals surface area contributed by atoms with Gasteiger partial charge in [0.1, 0.15) is 22.8 Å². The lowest BCUT2D eigenvalue weighted by Crippen LogP contribution is -2.69. The molecule has 0 spiro atoms. The molecule has 37 heavy (non-hydrogen) atoms. The molecule has 3 aliphatic rings. The van der Waals surface area contributed by atoms with E-state index in [2.05, 4.69) is 0 Å². The molecular formula is C27H24N2O8. The number of amides is 1. The Morgan fingerprint density at radius 2 is 1.59 bits per heavy atom. The first-order valence-corrected chi connectivity index (χ1v) is 11.5. The van der Waals surface area contributed by atoms with Gasteiger partial charge in [0.2, 0.25) is 5.78 Å². The summed E-state index contributed by atoms with van der Waals surface area (Å²) in [5.74, 6) is -10.9. The number of aliphatic hydroxyl groups is 3. The number of hydrogen-bond acceptors (Lipinski definition) is 9. The third-order valence-electron chi connectivity index (χ3n) is 7.59. The molecule has 0 radical (unpaired) electrons. The minimum Gasteiger partial charge on any atom is -0.508 e. The fourth-order valence-corrected chi connectivity index (χ4v) is 6.05. The van der Waals surface area contributed by atoms with Gasteiger partial charge in [-0.1, -0.05) is 42.5 Å². The Balaban J connectivity index is 1.88. The van der Waals surface area contributed by atoms with Crippen molar-refractivity contribution in [2.45, 2.75) is 17.6 Å². The molecule has 6 N–H and O–H groups in total. The number of Topliss-reactive ketones (excluding diaryl/α,β-unsaturated/α-hetero) is 3. The second kappa shape index (κ2) is 8.12. The lowest BCUT2D eigenvalue weighted by atomic mass is 9.54. The molecule has 0 saturated heterocycles. The standard InChI is InChI=1S/C27H24N2O8/c1-29(2)20-19-22(32)16-14(11-7-4-3-5-8-11)12-9-6-10-13(30)15(12)21(31)17(16)24(34)27(19,37)25(35)18(23(20)33)26(28)36/h3-10,14,16,19-20,30-31,35,37H,1-2H3,(H2,28,36)/t14-,16+,19+,20-,27-/m0/s1. The van der Waals surface area contributed by atoms with Crippen molar-refractivity contribution in [1.82, 2.24) is 4.90 Å². The second-order valence-electron chi connectivity index (χ2n) is 9.71. The molecule has 2 aromatic rings. The summed E-state index contributed by atoms with van der Waals surface area (Å²) in [6.07, 6.45) is 0. The van der Waals surface area contributed by atoms with E-state index in [-0.39, 0.29) is 11.3 Å². The lowest BCUT2D eigenvalue weighted by Gasteiger charge is -2.50. The third kappa shape index (κ3) is 3.06. The van der Waals surface area contributed by atoms with Crippen molar-refractivity contribution in [3.05, 3.63) is 82.1 Å². The summed E-state index contributed by atoms with van der Waals surface area (Å²) in [5.41, 5.74) is 1.59. The number of phenolic OH excluding ortho intramolecular Hbond substituents is 1. The number of nitrogens with two attached hydrogens (primary N) is 1. The topological polar surface area (TPSA) is 178 Å². The Kier molecular flexibility index (Phi) is 5.36. The van der Waals surface area contributed by atoms with Crippen LogP contribution < -0.4 is 5.73 Å². The maximum atomic E-state index is 14.3. The predicted octanol–water partition coefficient (Wildman–Crippen LogP) is 0.732. The molecule has 0 aliphatic heterocycles. The zero-order chi connectivity index (χ0) is 27.0. The molecule has 2 aromatic carbocycles. The molecule has 3 aliphatic carbocycles. The molecule has 5 rings (SSSR count). The highest BCUT2D eigenvalue weighted by Crippen LogP contribution is 2.56. The first-order valence-electron chi connectivity index (χ1n) is 11.5. The average molecular weight is 504 g/mol. The second-order valence-corrected chi connectivity index (χ2v) is 9.71. The van der Waals surface area contributed by atoms with Crippen LogP contribution in [-0.2, 0) is 19.2 Å². The molecule has 10 heteroatoms. The molecule has 0 bridgehead atoms. The van der Waals surface area contributed by atoms with Crippen molar-refractivity contribution in [3.8, 4) is 5.75 Å². The Labute approximate surface area is 210 Å². The highest BCUT2D eigenvalue weighted by Gasteiger charge is 2.68. The molecule has 10 nitrogen and oxygen atoms in total. The normalized spacial score (nSPS) is 29.2. The molecule has 190 valence electrons. The number of nitrogens with zero attached hydrogens (tertiary/aromatic N) is 1. The van der Waals surface area contributed by atoms with E-state index < -0.39 is 75.3 Å². The Morgan fingerprint density at radius 3 is 2.19 bits per heavy atom. The van der Waals surface area contributed by atoms with Gasteiger partial charge in [0.05, 0.1) is 29.0 Å². The molecule has 1 saturated carbocycles. The van der Waals surface area contributed by atoms with E-state index >= 15 is 0 Å². The van der Waals surface area contributed by atoms with Crippen LogP contribution in [0.1, 0.15) is 22.6 Å². The van der Waals surface area contributed by atoms with Crippen LogP contribution in [0.15, 0.2) is 65.4 Å². The van der Waals surface area contributed by atoms with Gasteiger partial charge in [0.15, 0.2) is 17.2 Å².